The fourth-order valence-corrected chi connectivity index (χ4v) is 2.41. The maximum absolute atomic E-state index is 11.9. The molecule has 1 rings (SSSR count). The highest BCUT2D eigenvalue weighted by molar-refractivity contribution is 5.78. The Bertz CT molecular complexity index is 230. The van der Waals surface area contributed by atoms with Crippen molar-refractivity contribution in [2.75, 3.05) is 13.1 Å². The van der Waals surface area contributed by atoms with Crippen LogP contribution in [0, 0.1) is 11.8 Å². The van der Waals surface area contributed by atoms with E-state index < -0.39 is 0 Å². The second-order valence-electron chi connectivity index (χ2n) is 5.47. The smallest absolute Gasteiger partial charge is 0.222 e. The standard InChI is InChI=1S/C14H28N2O/c1-4-5-7-12(3)14(17)16-10-13-11(2)8-6-9-15-13/h11-13,15H,4-10H2,1-3H3,(H,16,17). The summed E-state index contributed by atoms with van der Waals surface area (Å²) in [6, 6.07) is 0.464. The van der Waals surface area contributed by atoms with E-state index in [2.05, 4.69) is 24.5 Å². The van der Waals surface area contributed by atoms with E-state index in [0.29, 0.717) is 12.0 Å². The summed E-state index contributed by atoms with van der Waals surface area (Å²) in [5, 5.41) is 6.58. The van der Waals surface area contributed by atoms with Crippen molar-refractivity contribution in [3.8, 4) is 0 Å². The van der Waals surface area contributed by atoms with E-state index in [1.165, 1.54) is 19.3 Å². The van der Waals surface area contributed by atoms with Gasteiger partial charge in [0.2, 0.25) is 5.91 Å². The average Bonchev–Trinajstić information content (AvgIpc) is 2.34. The highest BCUT2D eigenvalue weighted by atomic mass is 16.1. The number of carbonyl (C=O) groups excluding carboxylic acids is 1. The van der Waals surface area contributed by atoms with Gasteiger partial charge in [-0.05, 0) is 31.7 Å². The van der Waals surface area contributed by atoms with Crippen molar-refractivity contribution in [3.05, 3.63) is 0 Å². The van der Waals surface area contributed by atoms with Gasteiger partial charge in [0.25, 0.3) is 0 Å². The molecule has 1 fully saturated rings. The zero-order valence-electron chi connectivity index (χ0n) is 11.6. The topological polar surface area (TPSA) is 41.1 Å². The summed E-state index contributed by atoms with van der Waals surface area (Å²) in [5.41, 5.74) is 0. The van der Waals surface area contributed by atoms with Crippen LogP contribution >= 0.6 is 0 Å². The highest BCUT2D eigenvalue weighted by Gasteiger charge is 2.21. The van der Waals surface area contributed by atoms with Crippen molar-refractivity contribution in [1.29, 1.82) is 0 Å². The van der Waals surface area contributed by atoms with Gasteiger partial charge in [-0.15, -0.1) is 0 Å². The van der Waals surface area contributed by atoms with E-state index in [4.69, 9.17) is 0 Å². The largest absolute Gasteiger partial charge is 0.354 e. The summed E-state index contributed by atoms with van der Waals surface area (Å²) in [7, 11) is 0. The van der Waals surface area contributed by atoms with E-state index in [1.807, 2.05) is 6.92 Å². The molecule has 3 nitrogen and oxygen atoms in total. The molecular weight excluding hydrogens is 212 g/mol. The quantitative estimate of drug-likeness (QED) is 0.748. The molecule has 0 aromatic heterocycles. The monoisotopic (exact) mass is 240 g/mol. The molecule has 0 saturated carbocycles. The van der Waals surface area contributed by atoms with Gasteiger partial charge in [-0.2, -0.15) is 0 Å². The molecule has 0 radical (unpaired) electrons. The Morgan fingerprint density at radius 3 is 2.94 bits per heavy atom. The van der Waals surface area contributed by atoms with Crippen LogP contribution in [0.5, 0.6) is 0 Å². The Hall–Kier alpha value is -0.570. The second-order valence-corrected chi connectivity index (χ2v) is 5.47. The van der Waals surface area contributed by atoms with Crippen LogP contribution < -0.4 is 10.6 Å². The normalized spacial score (nSPS) is 26.5. The minimum Gasteiger partial charge on any atom is -0.354 e. The van der Waals surface area contributed by atoms with Crippen LogP contribution in [0.15, 0.2) is 0 Å². The average molecular weight is 240 g/mol. The molecule has 1 aliphatic rings. The molecule has 1 aliphatic heterocycles. The van der Waals surface area contributed by atoms with E-state index in [0.717, 1.165) is 25.9 Å². The number of hydrogen-bond acceptors (Lipinski definition) is 2. The fourth-order valence-electron chi connectivity index (χ4n) is 2.41. The first kappa shape index (κ1) is 14.5. The van der Waals surface area contributed by atoms with Gasteiger partial charge in [-0.1, -0.05) is 33.6 Å². The number of carbonyl (C=O) groups is 1. The van der Waals surface area contributed by atoms with Crippen molar-refractivity contribution in [2.45, 2.75) is 58.9 Å². The first-order chi connectivity index (χ1) is 8.15. The number of hydrogen-bond donors (Lipinski definition) is 2. The molecule has 1 amide bonds. The Balaban J connectivity index is 2.22. The Morgan fingerprint density at radius 2 is 2.29 bits per heavy atom. The molecule has 2 N–H and O–H groups in total. The van der Waals surface area contributed by atoms with Crippen LogP contribution in [-0.4, -0.2) is 25.0 Å². The van der Waals surface area contributed by atoms with Crippen molar-refractivity contribution >= 4 is 5.91 Å². The molecule has 1 saturated heterocycles. The minimum absolute atomic E-state index is 0.161. The maximum atomic E-state index is 11.9. The van der Waals surface area contributed by atoms with Crippen LogP contribution in [0.1, 0.15) is 52.9 Å². The molecule has 0 spiro atoms. The summed E-state index contributed by atoms with van der Waals surface area (Å²) in [5.74, 6) is 1.06. The molecular formula is C14H28N2O. The van der Waals surface area contributed by atoms with Gasteiger partial charge >= 0.3 is 0 Å². The third-order valence-electron chi connectivity index (χ3n) is 3.86. The summed E-state index contributed by atoms with van der Waals surface area (Å²) < 4.78 is 0. The first-order valence-electron chi connectivity index (χ1n) is 7.16. The summed E-state index contributed by atoms with van der Waals surface area (Å²) >= 11 is 0. The van der Waals surface area contributed by atoms with E-state index in [9.17, 15) is 4.79 Å². The molecule has 3 unspecified atom stereocenters. The zero-order chi connectivity index (χ0) is 12.7. The molecule has 17 heavy (non-hydrogen) atoms. The van der Waals surface area contributed by atoms with Gasteiger partial charge in [0.1, 0.15) is 0 Å². The summed E-state index contributed by atoms with van der Waals surface area (Å²) in [6.45, 7) is 8.34. The van der Waals surface area contributed by atoms with Crippen LogP contribution in [0.4, 0.5) is 0 Å². The van der Waals surface area contributed by atoms with Crippen LogP contribution in [0.2, 0.25) is 0 Å². The highest BCUT2D eigenvalue weighted by Crippen LogP contribution is 2.15. The summed E-state index contributed by atoms with van der Waals surface area (Å²) in [6.07, 6.45) is 5.86. The third kappa shape index (κ3) is 5.07. The maximum Gasteiger partial charge on any atom is 0.222 e. The molecule has 0 aliphatic carbocycles. The fraction of sp³-hybridized carbons (Fsp3) is 0.929. The Morgan fingerprint density at radius 1 is 1.53 bits per heavy atom. The first-order valence-corrected chi connectivity index (χ1v) is 7.16. The van der Waals surface area contributed by atoms with Crippen molar-refractivity contribution in [1.82, 2.24) is 10.6 Å². The lowest BCUT2D eigenvalue weighted by Crippen LogP contribution is -2.48. The lowest BCUT2D eigenvalue weighted by Gasteiger charge is -2.30. The molecule has 0 aromatic carbocycles. The molecule has 1 heterocycles. The number of unbranched alkanes of at least 4 members (excludes halogenated alkanes) is 1. The zero-order valence-corrected chi connectivity index (χ0v) is 11.6. The lowest BCUT2D eigenvalue weighted by molar-refractivity contribution is -0.124. The Kier molecular flexibility index (Phi) is 6.56. The van der Waals surface area contributed by atoms with Crippen molar-refractivity contribution in [3.63, 3.8) is 0 Å². The molecule has 0 aromatic rings. The van der Waals surface area contributed by atoms with Gasteiger partial charge < -0.3 is 10.6 Å². The predicted octanol–water partition coefficient (Wildman–Crippen LogP) is 2.32. The predicted molar refractivity (Wildman–Crippen MR) is 71.9 cm³/mol. The SMILES string of the molecule is CCCCC(C)C(=O)NCC1NCCCC1C. The molecule has 0 bridgehead atoms. The van der Waals surface area contributed by atoms with Crippen molar-refractivity contribution < 1.29 is 4.79 Å². The van der Waals surface area contributed by atoms with Gasteiger partial charge in [0.15, 0.2) is 0 Å². The summed E-state index contributed by atoms with van der Waals surface area (Å²) in [4.78, 5) is 11.9. The van der Waals surface area contributed by atoms with Crippen LogP contribution in [0.3, 0.4) is 0 Å². The van der Waals surface area contributed by atoms with Gasteiger partial charge in [-0.25, -0.2) is 0 Å². The van der Waals surface area contributed by atoms with E-state index >= 15 is 0 Å². The van der Waals surface area contributed by atoms with Crippen LogP contribution in [0.25, 0.3) is 0 Å². The number of amides is 1. The van der Waals surface area contributed by atoms with E-state index in [-0.39, 0.29) is 11.8 Å². The van der Waals surface area contributed by atoms with Gasteiger partial charge in [-0.3, -0.25) is 4.79 Å². The lowest BCUT2D eigenvalue weighted by atomic mass is 9.92. The minimum atomic E-state index is 0.161. The Labute approximate surface area is 106 Å². The second kappa shape index (κ2) is 7.70. The number of nitrogens with one attached hydrogen (secondary N) is 2. The van der Waals surface area contributed by atoms with Gasteiger partial charge in [0.05, 0.1) is 0 Å². The van der Waals surface area contributed by atoms with Crippen molar-refractivity contribution in [2.24, 2.45) is 11.8 Å². The van der Waals surface area contributed by atoms with Gasteiger partial charge in [0, 0.05) is 18.5 Å². The molecule has 100 valence electrons. The number of piperidine rings is 1. The molecule has 3 atom stereocenters. The van der Waals surface area contributed by atoms with Crippen LogP contribution in [-0.2, 0) is 4.79 Å². The molecule has 3 heteroatoms. The third-order valence-corrected chi connectivity index (χ3v) is 3.86. The van der Waals surface area contributed by atoms with E-state index in [1.54, 1.807) is 0 Å². The number of rotatable bonds is 6.